The van der Waals surface area contributed by atoms with Crippen LogP contribution in [0.3, 0.4) is 0 Å². The molecule has 0 fully saturated rings. The van der Waals surface area contributed by atoms with Gasteiger partial charge in [0.1, 0.15) is 10.9 Å². The van der Waals surface area contributed by atoms with Gasteiger partial charge in [0.15, 0.2) is 0 Å². The zero-order chi connectivity index (χ0) is 20.1. The molecule has 0 saturated heterocycles. The van der Waals surface area contributed by atoms with Crippen LogP contribution < -0.4 is 5.73 Å². The van der Waals surface area contributed by atoms with Gasteiger partial charge in [-0.3, -0.25) is 4.79 Å². The molecular formula is C21H19ClN2O3S. The van der Waals surface area contributed by atoms with Gasteiger partial charge in [-0.1, -0.05) is 84.4 Å². The average molecular weight is 415 g/mol. The molecule has 0 bridgehead atoms. The Bertz CT molecular complexity index is 1060. The molecular weight excluding hydrogens is 396 g/mol. The predicted molar refractivity (Wildman–Crippen MR) is 109 cm³/mol. The van der Waals surface area contributed by atoms with E-state index in [4.69, 9.17) is 17.3 Å². The summed E-state index contributed by atoms with van der Waals surface area (Å²) in [7, 11) is -4.12. The maximum absolute atomic E-state index is 13.5. The molecule has 0 aliphatic carbocycles. The predicted octanol–water partition coefficient (Wildman–Crippen LogP) is 3.76. The van der Waals surface area contributed by atoms with Crippen LogP contribution in [0.4, 0.5) is 0 Å². The number of carbonyl (C=O) groups excluding carboxylic acids is 1. The lowest BCUT2D eigenvalue weighted by atomic mass is 10.1. The number of nitrogens with zero attached hydrogens (tertiary/aromatic N) is 1. The van der Waals surface area contributed by atoms with E-state index in [0.717, 1.165) is 9.87 Å². The fourth-order valence-corrected chi connectivity index (χ4v) is 5.03. The monoisotopic (exact) mass is 414 g/mol. The highest BCUT2D eigenvalue weighted by Crippen LogP contribution is 2.32. The van der Waals surface area contributed by atoms with Crippen LogP contribution in [0.25, 0.3) is 0 Å². The molecule has 1 amide bonds. The molecule has 0 spiro atoms. The van der Waals surface area contributed by atoms with Crippen molar-refractivity contribution in [2.24, 2.45) is 5.73 Å². The van der Waals surface area contributed by atoms with Gasteiger partial charge >= 0.3 is 0 Å². The van der Waals surface area contributed by atoms with E-state index < -0.39 is 22.0 Å². The lowest BCUT2D eigenvalue weighted by molar-refractivity contribution is -0.122. The van der Waals surface area contributed by atoms with Crippen LogP contribution in [-0.2, 0) is 21.4 Å². The third-order valence-corrected chi connectivity index (χ3v) is 6.59. The van der Waals surface area contributed by atoms with E-state index in [1.165, 1.54) is 12.1 Å². The Balaban J connectivity index is 2.17. The van der Waals surface area contributed by atoms with E-state index in [1.807, 2.05) is 6.07 Å². The van der Waals surface area contributed by atoms with Crippen molar-refractivity contribution in [3.63, 3.8) is 0 Å². The summed E-state index contributed by atoms with van der Waals surface area (Å²) < 4.78 is 28.1. The van der Waals surface area contributed by atoms with E-state index in [-0.39, 0.29) is 16.5 Å². The molecule has 0 radical (unpaired) electrons. The number of hydrogen-bond acceptors (Lipinski definition) is 3. The van der Waals surface area contributed by atoms with Gasteiger partial charge < -0.3 is 5.73 Å². The van der Waals surface area contributed by atoms with Gasteiger partial charge in [-0.05, 0) is 23.3 Å². The minimum atomic E-state index is -4.12. The van der Waals surface area contributed by atoms with Gasteiger partial charge in [-0.25, -0.2) is 8.42 Å². The molecule has 0 aliphatic heterocycles. The fraction of sp³-hybridized carbons (Fsp3) is 0.0952. The number of benzene rings is 3. The van der Waals surface area contributed by atoms with Gasteiger partial charge in [0.25, 0.3) is 0 Å². The zero-order valence-corrected chi connectivity index (χ0v) is 16.5. The Morgan fingerprint density at radius 3 is 2.00 bits per heavy atom. The molecule has 0 saturated carbocycles. The first-order chi connectivity index (χ1) is 13.4. The van der Waals surface area contributed by atoms with Crippen molar-refractivity contribution in [1.82, 2.24) is 4.31 Å². The topological polar surface area (TPSA) is 80.5 Å². The third-order valence-electron chi connectivity index (χ3n) is 4.28. The molecule has 3 rings (SSSR count). The van der Waals surface area contributed by atoms with Gasteiger partial charge in [-0.15, -0.1) is 0 Å². The number of nitrogens with two attached hydrogens (primary N) is 1. The largest absolute Gasteiger partial charge is 0.368 e. The van der Waals surface area contributed by atoms with Gasteiger partial charge in [0.05, 0.1) is 5.02 Å². The van der Waals surface area contributed by atoms with E-state index in [1.54, 1.807) is 66.7 Å². The summed E-state index contributed by atoms with van der Waals surface area (Å²) in [5, 5.41) is 0.0804. The second kappa shape index (κ2) is 8.56. The zero-order valence-electron chi connectivity index (χ0n) is 14.9. The van der Waals surface area contributed by atoms with Crippen molar-refractivity contribution in [1.29, 1.82) is 0 Å². The van der Waals surface area contributed by atoms with E-state index in [9.17, 15) is 13.2 Å². The standard InChI is InChI=1S/C21H19ClN2O3S/c22-18-13-7-8-14-19(18)28(26,27)24(15-16-9-3-1-4-10-16)20(21(23)25)17-11-5-2-6-12-17/h1-14,20H,15H2,(H2,23,25)/t20-/m1/s1. The molecule has 0 aliphatic rings. The molecule has 3 aromatic rings. The lowest BCUT2D eigenvalue weighted by Crippen LogP contribution is -2.41. The number of halogens is 1. The van der Waals surface area contributed by atoms with Crippen molar-refractivity contribution in [3.05, 3.63) is 101 Å². The SMILES string of the molecule is NC(=O)[C@@H](c1ccccc1)N(Cc1ccccc1)S(=O)(=O)c1ccccc1Cl. The van der Waals surface area contributed by atoms with Gasteiger partial charge in [0.2, 0.25) is 15.9 Å². The maximum atomic E-state index is 13.5. The van der Waals surface area contributed by atoms with Crippen LogP contribution in [-0.4, -0.2) is 18.6 Å². The molecule has 1 atom stereocenters. The van der Waals surface area contributed by atoms with Gasteiger partial charge in [0, 0.05) is 6.54 Å². The highest BCUT2D eigenvalue weighted by atomic mass is 35.5. The van der Waals surface area contributed by atoms with Crippen LogP contribution in [0, 0.1) is 0 Å². The molecule has 2 N–H and O–H groups in total. The first-order valence-corrected chi connectivity index (χ1v) is 10.4. The summed E-state index contributed by atoms with van der Waals surface area (Å²) in [5.41, 5.74) is 6.87. The van der Waals surface area contributed by atoms with Crippen LogP contribution in [0.5, 0.6) is 0 Å². The Morgan fingerprint density at radius 2 is 1.43 bits per heavy atom. The summed E-state index contributed by atoms with van der Waals surface area (Å²) in [6, 6.07) is 22.6. The Kier molecular flexibility index (Phi) is 6.14. The number of hydrogen-bond donors (Lipinski definition) is 1. The smallest absolute Gasteiger partial charge is 0.245 e. The number of primary amides is 1. The van der Waals surface area contributed by atoms with Crippen molar-refractivity contribution >= 4 is 27.5 Å². The summed E-state index contributed by atoms with van der Waals surface area (Å²) >= 11 is 6.16. The average Bonchev–Trinajstić information content (AvgIpc) is 2.69. The number of carbonyl (C=O) groups is 1. The Morgan fingerprint density at radius 1 is 0.893 bits per heavy atom. The Labute approximate surface area is 169 Å². The van der Waals surface area contributed by atoms with E-state index in [0.29, 0.717) is 5.56 Å². The number of sulfonamides is 1. The minimum absolute atomic E-state index is 0.0309. The molecule has 0 aromatic heterocycles. The minimum Gasteiger partial charge on any atom is -0.368 e. The first-order valence-electron chi connectivity index (χ1n) is 8.56. The fourth-order valence-electron chi connectivity index (χ4n) is 2.97. The van der Waals surface area contributed by atoms with Crippen molar-refractivity contribution in [3.8, 4) is 0 Å². The van der Waals surface area contributed by atoms with E-state index in [2.05, 4.69) is 0 Å². The summed E-state index contributed by atoms with van der Waals surface area (Å²) in [5.74, 6) is -0.766. The van der Waals surface area contributed by atoms with Crippen LogP contribution in [0.15, 0.2) is 89.8 Å². The molecule has 28 heavy (non-hydrogen) atoms. The second-order valence-corrected chi connectivity index (χ2v) is 8.45. The van der Waals surface area contributed by atoms with E-state index >= 15 is 0 Å². The highest BCUT2D eigenvalue weighted by Gasteiger charge is 2.37. The molecule has 5 nitrogen and oxygen atoms in total. The second-order valence-electron chi connectivity index (χ2n) is 6.18. The van der Waals surface area contributed by atoms with Gasteiger partial charge in [-0.2, -0.15) is 4.31 Å². The molecule has 144 valence electrons. The van der Waals surface area contributed by atoms with Crippen molar-refractivity contribution in [2.75, 3.05) is 0 Å². The highest BCUT2D eigenvalue weighted by molar-refractivity contribution is 7.89. The van der Waals surface area contributed by atoms with Crippen molar-refractivity contribution in [2.45, 2.75) is 17.5 Å². The number of amides is 1. The van der Waals surface area contributed by atoms with Crippen molar-refractivity contribution < 1.29 is 13.2 Å². The quantitative estimate of drug-likeness (QED) is 0.639. The third kappa shape index (κ3) is 4.25. The molecule has 0 unspecified atom stereocenters. The van der Waals surface area contributed by atoms with Crippen LogP contribution >= 0.6 is 11.6 Å². The molecule has 3 aromatic carbocycles. The lowest BCUT2D eigenvalue weighted by Gasteiger charge is -2.29. The summed E-state index contributed by atoms with van der Waals surface area (Å²) in [6.45, 7) is -0.0309. The number of rotatable bonds is 7. The summed E-state index contributed by atoms with van der Waals surface area (Å²) in [4.78, 5) is 12.3. The summed E-state index contributed by atoms with van der Waals surface area (Å²) in [6.07, 6.45) is 0. The molecule has 0 heterocycles. The molecule has 7 heteroatoms. The normalized spacial score (nSPS) is 12.6. The van der Waals surface area contributed by atoms with Crippen LogP contribution in [0.1, 0.15) is 17.2 Å². The van der Waals surface area contributed by atoms with Crippen LogP contribution in [0.2, 0.25) is 5.02 Å². The Hall–Kier alpha value is -2.67. The first kappa shape index (κ1) is 20.1. The maximum Gasteiger partial charge on any atom is 0.245 e.